The predicted octanol–water partition coefficient (Wildman–Crippen LogP) is 1.91. The summed E-state index contributed by atoms with van der Waals surface area (Å²) in [5, 5.41) is 0. The maximum Gasteiger partial charge on any atom is 0.0180 e. The molecule has 0 aliphatic carbocycles. The molecule has 0 amide bonds. The largest absolute Gasteiger partial charge is 0.326 e. The van der Waals surface area contributed by atoms with Gasteiger partial charge >= 0.3 is 0 Å². The normalized spacial score (nSPS) is 10.0. The first-order valence-corrected chi connectivity index (χ1v) is 3.94. The molecule has 11 heavy (non-hydrogen) atoms. The molecule has 0 fully saturated rings. The molecule has 0 aliphatic heterocycles. The van der Waals surface area contributed by atoms with Crippen molar-refractivity contribution >= 4 is 0 Å². The molecular weight excluding hydrogens is 134 g/mol. The maximum absolute atomic E-state index is 5.56. The first-order valence-electron chi connectivity index (χ1n) is 3.94. The molecule has 0 heterocycles. The van der Waals surface area contributed by atoms with Gasteiger partial charge in [0.1, 0.15) is 0 Å². The molecule has 1 heteroatoms. The Morgan fingerprint density at radius 1 is 1.18 bits per heavy atom. The third kappa shape index (κ3) is 2.05. The lowest BCUT2D eigenvalue weighted by molar-refractivity contribution is 0.945. The lowest BCUT2D eigenvalue weighted by Crippen LogP contribution is -2.00. The smallest absolute Gasteiger partial charge is 0.0180 e. The van der Waals surface area contributed by atoms with Crippen LogP contribution in [0.2, 0.25) is 0 Å². The Hall–Kier alpha value is -0.820. The van der Waals surface area contributed by atoms with Crippen molar-refractivity contribution in [3.63, 3.8) is 0 Å². The van der Waals surface area contributed by atoms with E-state index in [1.807, 2.05) is 12.1 Å². The Balaban J connectivity index is 2.83. The number of hydrogen-bond donors (Lipinski definition) is 1. The summed E-state index contributed by atoms with van der Waals surface area (Å²) >= 11 is 0. The van der Waals surface area contributed by atoms with E-state index in [1.165, 1.54) is 11.1 Å². The SMILES string of the molecule is [CH2]CCc1ccccc1CN. The van der Waals surface area contributed by atoms with Crippen molar-refractivity contribution in [2.24, 2.45) is 5.73 Å². The zero-order valence-corrected chi connectivity index (χ0v) is 6.72. The van der Waals surface area contributed by atoms with Gasteiger partial charge in [-0.3, -0.25) is 0 Å². The lowest BCUT2D eigenvalue weighted by Gasteiger charge is -2.04. The van der Waals surface area contributed by atoms with Crippen LogP contribution in [0.1, 0.15) is 17.5 Å². The number of hydrogen-bond acceptors (Lipinski definition) is 1. The fraction of sp³-hybridized carbons (Fsp3) is 0.300. The summed E-state index contributed by atoms with van der Waals surface area (Å²) in [4.78, 5) is 0. The minimum absolute atomic E-state index is 0.635. The van der Waals surface area contributed by atoms with Gasteiger partial charge in [0.25, 0.3) is 0 Å². The van der Waals surface area contributed by atoms with Gasteiger partial charge in [0, 0.05) is 6.54 Å². The molecule has 2 N–H and O–H groups in total. The second-order valence-electron chi connectivity index (χ2n) is 2.58. The summed E-state index contributed by atoms with van der Waals surface area (Å²) in [6, 6.07) is 8.26. The Morgan fingerprint density at radius 3 is 2.36 bits per heavy atom. The van der Waals surface area contributed by atoms with Crippen LogP contribution >= 0.6 is 0 Å². The Labute approximate surface area is 68.2 Å². The molecule has 0 saturated carbocycles. The first-order chi connectivity index (χ1) is 5.38. The van der Waals surface area contributed by atoms with Crippen LogP contribution in [-0.4, -0.2) is 0 Å². The number of nitrogens with two attached hydrogens (primary N) is 1. The zero-order valence-electron chi connectivity index (χ0n) is 6.72. The average Bonchev–Trinajstić information content (AvgIpc) is 2.06. The van der Waals surface area contributed by atoms with Gasteiger partial charge in [-0.2, -0.15) is 0 Å². The van der Waals surface area contributed by atoms with E-state index in [0.29, 0.717) is 6.54 Å². The molecule has 0 bridgehead atoms. The minimum Gasteiger partial charge on any atom is -0.326 e. The van der Waals surface area contributed by atoms with E-state index in [0.717, 1.165) is 12.8 Å². The van der Waals surface area contributed by atoms with Crippen LogP contribution in [0.25, 0.3) is 0 Å². The van der Waals surface area contributed by atoms with Crippen LogP contribution in [0.5, 0.6) is 0 Å². The van der Waals surface area contributed by atoms with Crippen molar-refractivity contribution < 1.29 is 0 Å². The van der Waals surface area contributed by atoms with Crippen molar-refractivity contribution in [2.75, 3.05) is 0 Å². The van der Waals surface area contributed by atoms with E-state index in [2.05, 4.69) is 19.1 Å². The number of aryl methyl sites for hydroxylation is 1. The van der Waals surface area contributed by atoms with Crippen molar-refractivity contribution in [2.45, 2.75) is 19.4 Å². The first kappa shape index (κ1) is 8.28. The molecule has 1 aromatic carbocycles. The molecule has 0 aromatic heterocycles. The molecule has 1 aromatic rings. The van der Waals surface area contributed by atoms with E-state index < -0.39 is 0 Å². The van der Waals surface area contributed by atoms with E-state index in [-0.39, 0.29) is 0 Å². The van der Waals surface area contributed by atoms with Crippen LogP contribution < -0.4 is 5.73 Å². The van der Waals surface area contributed by atoms with Gasteiger partial charge in [0.15, 0.2) is 0 Å². The highest BCUT2D eigenvalue weighted by Crippen LogP contribution is 2.09. The molecular formula is C10H14N. The summed E-state index contributed by atoms with van der Waals surface area (Å²) in [6.45, 7) is 4.45. The summed E-state index contributed by atoms with van der Waals surface area (Å²) in [5.74, 6) is 0. The molecule has 0 aliphatic rings. The number of rotatable bonds is 3. The summed E-state index contributed by atoms with van der Waals surface area (Å²) in [7, 11) is 0. The zero-order chi connectivity index (χ0) is 8.10. The third-order valence-electron chi connectivity index (χ3n) is 1.78. The van der Waals surface area contributed by atoms with Gasteiger partial charge in [0.05, 0.1) is 0 Å². The highest BCUT2D eigenvalue weighted by atomic mass is 14.5. The predicted molar refractivity (Wildman–Crippen MR) is 48.0 cm³/mol. The van der Waals surface area contributed by atoms with Gasteiger partial charge < -0.3 is 5.73 Å². The molecule has 0 unspecified atom stereocenters. The molecule has 0 atom stereocenters. The molecule has 1 radical (unpaired) electrons. The number of benzene rings is 1. The lowest BCUT2D eigenvalue weighted by atomic mass is 10.0. The Bertz CT molecular complexity index is 218. The average molecular weight is 148 g/mol. The van der Waals surface area contributed by atoms with Crippen LogP contribution in [0, 0.1) is 6.92 Å². The Morgan fingerprint density at radius 2 is 1.82 bits per heavy atom. The highest BCUT2D eigenvalue weighted by molar-refractivity contribution is 5.26. The fourth-order valence-corrected chi connectivity index (χ4v) is 1.19. The summed E-state index contributed by atoms with van der Waals surface area (Å²) in [5.41, 5.74) is 8.14. The summed E-state index contributed by atoms with van der Waals surface area (Å²) in [6.07, 6.45) is 1.98. The topological polar surface area (TPSA) is 26.0 Å². The summed E-state index contributed by atoms with van der Waals surface area (Å²) < 4.78 is 0. The van der Waals surface area contributed by atoms with E-state index in [4.69, 9.17) is 5.73 Å². The minimum atomic E-state index is 0.635. The van der Waals surface area contributed by atoms with Crippen molar-refractivity contribution in [3.05, 3.63) is 42.3 Å². The van der Waals surface area contributed by atoms with Crippen LogP contribution in [0.3, 0.4) is 0 Å². The second kappa shape index (κ2) is 4.14. The molecule has 0 spiro atoms. The van der Waals surface area contributed by atoms with E-state index in [1.54, 1.807) is 0 Å². The van der Waals surface area contributed by atoms with Crippen LogP contribution in [0.15, 0.2) is 24.3 Å². The van der Waals surface area contributed by atoms with E-state index >= 15 is 0 Å². The van der Waals surface area contributed by atoms with Gasteiger partial charge in [-0.15, -0.1) is 0 Å². The quantitative estimate of drug-likeness (QED) is 0.696. The molecule has 1 rings (SSSR count). The standard InChI is InChI=1S/C10H14N/c1-2-5-9-6-3-4-7-10(9)8-11/h3-4,6-7H,1-2,5,8,11H2. The van der Waals surface area contributed by atoms with Gasteiger partial charge in [0.2, 0.25) is 0 Å². The van der Waals surface area contributed by atoms with Crippen molar-refractivity contribution in [3.8, 4) is 0 Å². The van der Waals surface area contributed by atoms with Crippen molar-refractivity contribution in [1.82, 2.24) is 0 Å². The third-order valence-corrected chi connectivity index (χ3v) is 1.78. The molecule has 59 valence electrons. The molecule has 1 nitrogen and oxygen atoms in total. The van der Waals surface area contributed by atoms with Crippen LogP contribution in [-0.2, 0) is 13.0 Å². The monoisotopic (exact) mass is 148 g/mol. The maximum atomic E-state index is 5.56. The van der Waals surface area contributed by atoms with Crippen LogP contribution in [0.4, 0.5) is 0 Å². The highest BCUT2D eigenvalue weighted by Gasteiger charge is 1.96. The fourth-order valence-electron chi connectivity index (χ4n) is 1.19. The van der Waals surface area contributed by atoms with E-state index in [9.17, 15) is 0 Å². The second-order valence-corrected chi connectivity index (χ2v) is 2.58. The Kier molecular flexibility index (Phi) is 3.12. The van der Waals surface area contributed by atoms with Gasteiger partial charge in [-0.05, 0) is 24.0 Å². The van der Waals surface area contributed by atoms with Gasteiger partial charge in [-0.25, -0.2) is 0 Å². The van der Waals surface area contributed by atoms with Crippen molar-refractivity contribution in [1.29, 1.82) is 0 Å². The van der Waals surface area contributed by atoms with Gasteiger partial charge in [-0.1, -0.05) is 31.2 Å². The molecule has 0 saturated heterocycles.